The molecule has 0 aliphatic carbocycles. The molecule has 1 unspecified atom stereocenters. The van der Waals surface area contributed by atoms with Crippen LogP contribution < -0.4 is 0 Å². The van der Waals surface area contributed by atoms with Gasteiger partial charge in [0.2, 0.25) is 0 Å². The number of rotatable bonds is 5. The minimum atomic E-state index is -0.416. The van der Waals surface area contributed by atoms with E-state index in [0.717, 1.165) is 12.7 Å². The molecule has 0 fully saturated rings. The number of carbonyl (C=O) groups is 1. The summed E-state index contributed by atoms with van der Waals surface area (Å²) >= 11 is 1.73. The zero-order chi connectivity index (χ0) is 12.2. The zero-order valence-electron chi connectivity index (χ0n) is 10.4. The SMILES string of the molecule is CSc1ccc(CC(C)(C=O)N(C)C)cc1. The van der Waals surface area contributed by atoms with Crippen LogP contribution in [0.1, 0.15) is 12.5 Å². The summed E-state index contributed by atoms with van der Waals surface area (Å²) in [6.45, 7) is 1.96. The van der Waals surface area contributed by atoms with Crippen LogP contribution in [-0.4, -0.2) is 37.1 Å². The molecule has 1 aromatic carbocycles. The number of thioether (sulfide) groups is 1. The van der Waals surface area contributed by atoms with Crippen molar-refractivity contribution in [3.63, 3.8) is 0 Å². The summed E-state index contributed by atoms with van der Waals surface area (Å²) in [5, 5.41) is 0. The Kier molecular flexibility index (Phi) is 4.56. The summed E-state index contributed by atoms with van der Waals surface area (Å²) in [6, 6.07) is 8.38. The molecule has 16 heavy (non-hydrogen) atoms. The Hall–Kier alpha value is -0.800. The van der Waals surface area contributed by atoms with Gasteiger partial charge in [-0.05, 0) is 51.4 Å². The van der Waals surface area contributed by atoms with Crippen LogP contribution in [0, 0.1) is 0 Å². The lowest BCUT2D eigenvalue weighted by Gasteiger charge is -2.30. The van der Waals surface area contributed by atoms with Gasteiger partial charge in [0.25, 0.3) is 0 Å². The molecule has 0 spiro atoms. The van der Waals surface area contributed by atoms with E-state index in [1.54, 1.807) is 11.8 Å². The second-order valence-electron chi connectivity index (χ2n) is 4.39. The average molecular weight is 237 g/mol. The maximum absolute atomic E-state index is 11.1. The molecule has 88 valence electrons. The fraction of sp³-hybridized carbons (Fsp3) is 0.462. The van der Waals surface area contributed by atoms with Gasteiger partial charge in [-0.1, -0.05) is 12.1 Å². The molecule has 0 bridgehead atoms. The van der Waals surface area contributed by atoms with E-state index in [1.165, 1.54) is 10.5 Å². The van der Waals surface area contributed by atoms with E-state index < -0.39 is 5.54 Å². The molecule has 0 aliphatic heterocycles. The van der Waals surface area contributed by atoms with Gasteiger partial charge in [0.15, 0.2) is 0 Å². The first kappa shape index (κ1) is 13.3. The molecule has 3 heteroatoms. The van der Waals surface area contributed by atoms with Gasteiger partial charge < -0.3 is 4.79 Å². The fourth-order valence-corrected chi connectivity index (χ4v) is 1.87. The molecule has 1 rings (SSSR count). The van der Waals surface area contributed by atoms with Crippen molar-refractivity contribution >= 4 is 18.0 Å². The van der Waals surface area contributed by atoms with Crippen LogP contribution in [0.25, 0.3) is 0 Å². The van der Waals surface area contributed by atoms with Gasteiger partial charge in [-0.2, -0.15) is 0 Å². The number of hydrogen-bond acceptors (Lipinski definition) is 3. The van der Waals surface area contributed by atoms with Crippen molar-refractivity contribution in [1.82, 2.24) is 4.90 Å². The monoisotopic (exact) mass is 237 g/mol. The molecular formula is C13H19NOS. The number of nitrogens with zero attached hydrogens (tertiary/aromatic N) is 1. The molecule has 0 radical (unpaired) electrons. The molecule has 2 nitrogen and oxygen atoms in total. The van der Waals surface area contributed by atoms with Crippen molar-refractivity contribution in [2.75, 3.05) is 20.4 Å². The summed E-state index contributed by atoms with van der Waals surface area (Å²) in [6.07, 6.45) is 3.83. The van der Waals surface area contributed by atoms with Crippen LogP contribution in [0.5, 0.6) is 0 Å². The number of aldehydes is 1. The van der Waals surface area contributed by atoms with E-state index >= 15 is 0 Å². The number of likely N-dealkylation sites (N-methyl/N-ethyl adjacent to an activating group) is 1. The quantitative estimate of drug-likeness (QED) is 0.579. The van der Waals surface area contributed by atoms with E-state index in [9.17, 15) is 4.79 Å². The Bertz CT molecular complexity index is 347. The van der Waals surface area contributed by atoms with Crippen LogP contribution in [0.3, 0.4) is 0 Å². The molecule has 0 N–H and O–H groups in total. The zero-order valence-corrected chi connectivity index (χ0v) is 11.2. The highest BCUT2D eigenvalue weighted by Crippen LogP contribution is 2.19. The first-order valence-corrected chi connectivity index (χ1v) is 6.51. The van der Waals surface area contributed by atoms with Crippen molar-refractivity contribution < 1.29 is 4.79 Å². The Labute approximate surface area is 102 Å². The second kappa shape index (κ2) is 5.51. The minimum absolute atomic E-state index is 0.416. The lowest BCUT2D eigenvalue weighted by Crippen LogP contribution is -2.44. The molecule has 0 amide bonds. The third-order valence-electron chi connectivity index (χ3n) is 3.00. The third-order valence-corrected chi connectivity index (χ3v) is 3.74. The summed E-state index contributed by atoms with van der Waals surface area (Å²) in [5.74, 6) is 0. The van der Waals surface area contributed by atoms with E-state index in [-0.39, 0.29) is 0 Å². The molecule has 1 atom stereocenters. The summed E-state index contributed by atoms with van der Waals surface area (Å²) in [5.41, 5.74) is 0.780. The van der Waals surface area contributed by atoms with E-state index in [2.05, 4.69) is 30.5 Å². The molecular weight excluding hydrogens is 218 g/mol. The van der Waals surface area contributed by atoms with Crippen LogP contribution in [0.4, 0.5) is 0 Å². The van der Waals surface area contributed by atoms with Crippen LogP contribution >= 0.6 is 11.8 Å². The van der Waals surface area contributed by atoms with Crippen molar-refractivity contribution in [1.29, 1.82) is 0 Å². The van der Waals surface area contributed by atoms with Crippen molar-refractivity contribution in [2.45, 2.75) is 23.8 Å². The lowest BCUT2D eigenvalue weighted by molar-refractivity contribution is -0.116. The van der Waals surface area contributed by atoms with Gasteiger partial charge in [-0.15, -0.1) is 11.8 Å². The van der Waals surface area contributed by atoms with Crippen LogP contribution in [0.2, 0.25) is 0 Å². The largest absolute Gasteiger partial charge is 0.301 e. The maximum atomic E-state index is 11.1. The molecule has 0 saturated carbocycles. The fourth-order valence-electron chi connectivity index (χ4n) is 1.46. The highest BCUT2D eigenvalue weighted by molar-refractivity contribution is 7.98. The molecule has 0 heterocycles. The third kappa shape index (κ3) is 3.09. The molecule has 1 aromatic rings. The van der Waals surface area contributed by atoms with E-state index in [0.29, 0.717) is 0 Å². The highest BCUT2D eigenvalue weighted by atomic mass is 32.2. The van der Waals surface area contributed by atoms with E-state index in [1.807, 2.05) is 25.9 Å². The van der Waals surface area contributed by atoms with Gasteiger partial charge in [0.1, 0.15) is 6.29 Å². The predicted molar refractivity (Wildman–Crippen MR) is 70.1 cm³/mol. The Morgan fingerprint density at radius 1 is 1.31 bits per heavy atom. The molecule has 0 aromatic heterocycles. The standard InChI is InChI=1S/C13H19NOS/c1-13(10-15,14(2)3)9-11-5-7-12(16-4)8-6-11/h5-8,10H,9H2,1-4H3. The summed E-state index contributed by atoms with van der Waals surface area (Å²) in [4.78, 5) is 14.4. The van der Waals surface area contributed by atoms with Gasteiger partial charge in [0, 0.05) is 4.90 Å². The van der Waals surface area contributed by atoms with Gasteiger partial charge >= 0.3 is 0 Å². The Balaban J connectivity index is 2.82. The Morgan fingerprint density at radius 2 is 1.88 bits per heavy atom. The minimum Gasteiger partial charge on any atom is -0.301 e. The average Bonchev–Trinajstić information content (AvgIpc) is 2.29. The lowest BCUT2D eigenvalue weighted by atomic mass is 9.93. The summed E-state index contributed by atoms with van der Waals surface area (Å²) in [7, 11) is 3.87. The molecule has 0 aliphatic rings. The van der Waals surface area contributed by atoms with Crippen molar-refractivity contribution in [3.8, 4) is 0 Å². The first-order chi connectivity index (χ1) is 7.51. The normalized spacial score (nSPS) is 14.8. The predicted octanol–water partition coefficient (Wildman–Crippen LogP) is 2.47. The van der Waals surface area contributed by atoms with Crippen LogP contribution in [-0.2, 0) is 11.2 Å². The number of carbonyl (C=O) groups excluding carboxylic acids is 1. The maximum Gasteiger partial charge on any atom is 0.140 e. The first-order valence-electron chi connectivity index (χ1n) is 5.28. The molecule has 0 saturated heterocycles. The second-order valence-corrected chi connectivity index (χ2v) is 5.27. The summed E-state index contributed by atoms with van der Waals surface area (Å²) < 4.78 is 0. The smallest absolute Gasteiger partial charge is 0.140 e. The number of hydrogen-bond donors (Lipinski definition) is 0. The topological polar surface area (TPSA) is 20.3 Å². The van der Waals surface area contributed by atoms with Crippen LogP contribution in [0.15, 0.2) is 29.2 Å². The van der Waals surface area contributed by atoms with E-state index in [4.69, 9.17) is 0 Å². The number of benzene rings is 1. The van der Waals surface area contributed by atoms with Gasteiger partial charge in [-0.25, -0.2) is 0 Å². The van der Waals surface area contributed by atoms with Crippen molar-refractivity contribution in [3.05, 3.63) is 29.8 Å². The van der Waals surface area contributed by atoms with Gasteiger partial charge in [0.05, 0.1) is 5.54 Å². The highest BCUT2D eigenvalue weighted by Gasteiger charge is 2.26. The van der Waals surface area contributed by atoms with Crippen molar-refractivity contribution in [2.24, 2.45) is 0 Å². The Morgan fingerprint density at radius 3 is 2.25 bits per heavy atom. The van der Waals surface area contributed by atoms with Gasteiger partial charge in [-0.3, -0.25) is 4.90 Å².